The smallest absolute Gasteiger partial charge is 0.246 e. The number of hydrogen-bond acceptors (Lipinski definition) is 5. The summed E-state index contributed by atoms with van der Waals surface area (Å²) in [6.45, 7) is 3.09. The third-order valence-corrected chi connectivity index (χ3v) is 2.69. The predicted molar refractivity (Wildman–Crippen MR) is 78.8 cm³/mol. The van der Waals surface area contributed by atoms with Crippen LogP contribution in [-0.2, 0) is 17.9 Å². The van der Waals surface area contributed by atoms with Crippen molar-refractivity contribution in [1.82, 2.24) is 15.0 Å². The Bertz CT molecular complexity index is 597. The molecule has 1 aromatic heterocycles. The van der Waals surface area contributed by atoms with E-state index in [-0.39, 0.29) is 12.5 Å². The normalized spacial score (nSPS) is 10.4. The highest BCUT2D eigenvalue weighted by molar-refractivity contribution is 5.90. The Labute approximate surface area is 123 Å². The van der Waals surface area contributed by atoms with E-state index < -0.39 is 0 Å². The minimum atomic E-state index is -0.184. The number of nitrogens with one attached hydrogen (secondary N) is 1. The maximum atomic E-state index is 11.9. The number of aromatic nitrogens is 3. The van der Waals surface area contributed by atoms with Crippen molar-refractivity contribution in [3.63, 3.8) is 0 Å². The SMILES string of the molecule is CCCOc1cccc(NC(=O)Cn2cc(CN)nn2)c1. The fourth-order valence-electron chi connectivity index (χ4n) is 1.74. The molecule has 0 saturated heterocycles. The summed E-state index contributed by atoms with van der Waals surface area (Å²) in [5, 5.41) is 10.5. The van der Waals surface area contributed by atoms with E-state index >= 15 is 0 Å². The van der Waals surface area contributed by atoms with Gasteiger partial charge in [0.05, 0.1) is 18.5 Å². The van der Waals surface area contributed by atoms with E-state index in [1.807, 2.05) is 25.1 Å². The van der Waals surface area contributed by atoms with Crippen LogP contribution in [0, 0.1) is 0 Å². The average molecular weight is 289 g/mol. The number of benzene rings is 1. The number of carbonyl (C=O) groups excluding carboxylic acids is 1. The first-order chi connectivity index (χ1) is 10.2. The molecule has 0 aliphatic carbocycles. The zero-order valence-corrected chi connectivity index (χ0v) is 12.0. The fraction of sp³-hybridized carbons (Fsp3) is 0.357. The molecule has 0 aliphatic rings. The van der Waals surface area contributed by atoms with Crippen LogP contribution in [0.1, 0.15) is 19.0 Å². The van der Waals surface area contributed by atoms with Gasteiger partial charge in [-0.05, 0) is 18.6 Å². The van der Waals surface area contributed by atoms with Gasteiger partial charge in [-0.3, -0.25) is 4.79 Å². The van der Waals surface area contributed by atoms with Gasteiger partial charge in [0, 0.05) is 18.3 Å². The standard InChI is InChI=1S/C14H19N5O2/c1-2-6-21-13-5-3-4-11(7-13)16-14(20)10-19-9-12(8-15)17-18-19/h3-5,7,9H,2,6,8,10,15H2,1H3,(H,16,20). The van der Waals surface area contributed by atoms with Crippen LogP contribution < -0.4 is 15.8 Å². The van der Waals surface area contributed by atoms with Gasteiger partial charge in [-0.15, -0.1) is 5.10 Å². The summed E-state index contributed by atoms with van der Waals surface area (Å²) >= 11 is 0. The first kappa shape index (κ1) is 15.0. The van der Waals surface area contributed by atoms with Crippen molar-refractivity contribution in [2.24, 2.45) is 5.73 Å². The maximum absolute atomic E-state index is 11.9. The Morgan fingerprint density at radius 3 is 3.05 bits per heavy atom. The molecule has 0 bridgehead atoms. The van der Waals surface area contributed by atoms with Crippen LogP contribution in [0.25, 0.3) is 0 Å². The van der Waals surface area contributed by atoms with E-state index in [1.54, 1.807) is 12.3 Å². The van der Waals surface area contributed by atoms with Crippen molar-refractivity contribution in [3.05, 3.63) is 36.2 Å². The largest absolute Gasteiger partial charge is 0.494 e. The lowest BCUT2D eigenvalue weighted by Crippen LogP contribution is -2.19. The van der Waals surface area contributed by atoms with E-state index in [4.69, 9.17) is 10.5 Å². The first-order valence-corrected chi connectivity index (χ1v) is 6.83. The number of hydrogen-bond donors (Lipinski definition) is 2. The number of nitrogens with zero attached hydrogens (tertiary/aromatic N) is 3. The molecule has 0 aliphatic heterocycles. The Kier molecular flexibility index (Phi) is 5.28. The fourth-order valence-corrected chi connectivity index (χ4v) is 1.74. The molecular formula is C14H19N5O2. The molecule has 0 spiro atoms. The van der Waals surface area contributed by atoms with E-state index in [2.05, 4.69) is 15.6 Å². The summed E-state index contributed by atoms with van der Waals surface area (Å²) < 4.78 is 6.97. The molecule has 2 aromatic rings. The lowest BCUT2D eigenvalue weighted by atomic mass is 10.3. The second-order valence-electron chi connectivity index (χ2n) is 4.54. The molecule has 3 N–H and O–H groups in total. The first-order valence-electron chi connectivity index (χ1n) is 6.83. The van der Waals surface area contributed by atoms with Crippen molar-refractivity contribution in [3.8, 4) is 5.75 Å². The van der Waals surface area contributed by atoms with Crippen molar-refractivity contribution >= 4 is 11.6 Å². The quantitative estimate of drug-likeness (QED) is 0.797. The van der Waals surface area contributed by atoms with Gasteiger partial charge < -0.3 is 15.8 Å². The minimum Gasteiger partial charge on any atom is -0.494 e. The van der Waals surface area contributed by atoms with E-state index in [9.17, 15) is 4.79 Å². The monoisotopic (exact) mass is 289 g/mol. The van der Waals surface area contributed by atoms with E-state index in [0.717, 1.165) is 12.2 Å². The maximum Gasteiger partial charge on any atom is 0.246 e. The molecule has 0 radical (unpaired) electrons. The van der Waals surface area contributed by atoms with E-state index in [0.29, 0.717) is 24.5 Å². The van der Waals surface area contributed by atoms with E-state index in [1.165, 1.54) is 4.68 Å². The highest BCUT2D eigenvalue weighted by Gasteiger charge is 2.06. The lowest BCUT2D eigenvalue weighted by molar-refractivity contribution is -0.116. The molecule has 1 aromatic carbocycles. The summed E-state index contributed by atoms with van der Waals surface area (Å²) in [4.78, 5) is 11.9. The van der Waals surface area contributed by atoms with Gasteiger partial charge in [-0.25, -0.2) is 4.68 Å². The van der Waals surface area contributed by atoms with Crippen LogP contribution in [0.5, 0.6) is 5.75 Å². The Hall–Kier alpha value is -2.41. The predicted octanol–water partition coefficient (Wildman–Crippen LogP) is 1.16. The molecule has 7 nitrogen and oxygen atoms in total. The topological polar surface area (TPSA) is 95.1 Å². The molecule has 0 fully saturated rings. The lowest BCUT2D eigenvalue weighted by Gasteiger charge is -2.08. The molecule has 0 saturated carbocycles. The van der Waals surface area contributed by atoms with Crippen LogP contribution in [-0.4, -0.2) is 27.5 Å². The zero-order chi connectivity index (χ0) is 15.1. The highest BCUT2D eigenvalue weighted by atomic mass is 16.5. The van der Waals surface area contributed by atoms with Gasteiger partial charge in [0.15, 0.2) is 0 Å². The molecule has 2 rings (SSSR count). The summed E-state index contributed by atoms with van der Waals surface area (Å²) in [6, 6.07) is 7.29. The molecule has 1 heterocycles. The van der Waals surface area contributed by atoms with Gasteiger partial charge in [-0.2, -0.15) is 0 Å². The van der Waals surface area contributed by atoms with Crippen molar-refractivity contribution < 1.29 is 9.53 Å². The van der Waals surface area contributed by atoms with Gasteiger partial charge in [0.1, 0.15) is 12.3 Å². The summed E-state index contributed by atoms with van der Waals surface area (Å²) in [5.41, 5.74) is 6.78. The molecule has 1 amide bonds. The van der Waals surface area contributed by atoms with Crippen molar-refractivity contribution in [1.29, 1.82) is 0 Å². The number of ether oxygens (including phenoxy) is 1. The summed E-state index contributed by atoms with van der Waals surface area (Å²) in [6.07, 6.45) is 2.59. The van der Waals surface area contributed by atoms with Crippen LogP contribution in [0.4, 0.5) is 5.69 Å². The number of amides is 1. The molecule has 7 heteroatoms. The number of anilines is 1. The van der Waals surface area contributed by atoms with Crippen LogP contribution in [0.2, 0.25) is 0 Å². The molecule has 21 heavy (non-hydrogen) atoms. The van der Waals surface area contributed by atoms with Crippen LogP contribution >= 0.6 is 0 Å². The Balaban J connectivity index is 1.92. The second-order valence-corrected chi connectivity index (χ2v) is 4.54. The minimum absolute atomic E-state index is 0.0903. The van der Waals surface area contributed by atoms with Gasteiger partial charge in [0.2, 0.25) is 5.91 Å². The molecule has 0 unspecified atom stereocenters. The molecule has 0 atom stereocenters. The summed E-state index contributed by atoms with van der Waals surface area (Å²) in [5.74, 6) is 0.553. The Morgan fingerprint density at radius 1 is 1.48 bits per heavy atom. The van der Waals surface area contributed by atoms with Gasteiger partial charge in [-0.1, -0.05) is 18.2 Å². The van der Waals surface area contributed by atoms with Crippen LogP contribution in [0.3, 0.4) is 0 Å². The second kappa shape index (κ2) is 7.39. The van der Waals surface area contributed by atoms with Gasteiger partial charge >= 0.3 is 0 Å². The summed E-state index contributed by atoms with van der Waals surface area (Å²) in [7, 11) is 0. The third kappa shape index (κ3) is 4.57. The highest BCUT2D eigenvalue weighted by Crippen LogP contribution is 2.17. The Morgan fingerprint density at radius 2 is 2.33 bits per heavy atom. The van der Waals surface area contributed by atoms with Crippen molar-refractivity contribution in [2.45, 2.75) is 26.4 Å². The average Bonchev–Trinajstić information content (AvgIpc) is 2.93. The number of rotatable bonds is 7. The molecule has 112 valence electrons. The van der Waals surface area contributed by atoms with Gasteiger partial charge in [0.25, 0.3) is 0 Å². The van der Waals surface area contributed by atoms with Crippen molar-refractivity contribution in [2.75, 3.05) is 11.9 Å². The number of nitrogens with two attached hydrogens (primary N) is 1. The molecular weight excluding hydrogens is 270 g/mol. The zero-order valence-electron chi connectivity index (χ0n) is 12.0. The van der Waals surface area contributed by atoms with Crippen LogP contribution in [0.15, 0.2) is 30.5 Å². The third-order valence-electron chi connectivity index (χ3n) is 2.69. The number of carbonyl (C=O) groups is 1.